The van der Waals surface area contributed by atoms with Gasteiger partial charge < -0.3 is 20.1 Å². The van der Waals surface area contributed by atoms with Crippen LogP contribution in [0.15, 0.2) is 0 Å². The number of rotatable bonds is 7. The first kappa shape index (κ1) is 12.3. The maximum absolute atomic E-state index is 11.3. The third-order valence-electron chi connectivity index (χ3n) is 1.62. The fourth-order valence-corrected chi connectivity index (χ4v) is 0.946. The number of carbonyl (C=O) groups excluding carboxylic acids is 1. The molecule has 0 atom stereocenters. The highest BCUT2D eigenvalue weighted by molar-refractivity contribution is 5.78. The summed E-state index contributed by atoms with van der Waals surface area (Å²) >= 11 is 0. The lowest BCUT2D eigenvalue weighted by molar-refractivity contribution is -0.131. The standard InChI is InChI=1S/C8H18N2O3/c1-9-7-8(12)10(3-5-11)4-6-13-2/h9,11H,3-7H2,1-2H3. The van der Waals surface area contributed by atoms with Gasteiger partial charge in [-0.25, -0.2) is 0 Å². The fourth-order valence-electron chi connectivity index (χ4n) is 0.946. The first-order valence-electron chi connectivity index (χ1n) is 4.28. The van der Waals surface area contributed by atoms with E-state index in [1.165, 1.54) is 0 Å². The van der Waals surface area contributed by atoms with E-state index in [-0.39, 0.29) is 12.5 Å². The monoisotopic (exact) mass is 190 g/mol. The molecule has 0 bridgehead atoms. The van der Waals surface area contributed by atoms with Gasteiger partial charge in [-0.1, -0.05) is 0 Å². The number of aliphatic hydroxyl groups is 1. The first-order chi connectivity index (χ1) is 6.26. The van der Waals surface area contributed by atoms with Gasteiger partial charge in [0.2, 0.25) is 5.91 Å². The van der Waals surface area contributed by atoms with E-state index in [2.05, 4.69) is 5.32 Å². The average Bonchev–Trinajstić information content (AvgIpc) is 2.12. The molecule has 0 aromatic heterocycles. The number of hydrogen-bond donors (Lipinski definition) is 2. The molecule has 0 saturated carbocycles. The van der Waals surface area contributed by atoms with Crippen molar-refractivity contribution in [3.05, 3.63) is 0 Å². The molecule has 1 amide bonds. The molecule has 0 rings (SSSR count). The Hall–Kier alpha value is -0.650. The van der Waals surface area contributed by atoms with Crippen LogP contribution in [0.25, 0.3) is 0 Å². The molecular formula is C8H18N2O3. The minimum absolute atomic E-state index is 0.0147. The molecule has 0 fully saturated rings. The van der Waals surface area contributed by atoms with E-state index in [9.17, 15) is 4.79 Å². The Morgan fingerprint density at radius 1 is 1.54 bits per heavy atom. The van der Waals surface area contributed by atoms with Crippen molar-refractivity contribution < 1.29 is 14.6 Å². The lowest BCUT2D eigenvalue weighted by atomic mass is 10.4. The molecule has 0 aromatic carbocycles. The molecule has 5 nitrogen and oxygen atoms in total. The van der Waals surface area contributed by atoms with Gasteiger partial charge in [0.25, 0.3) is 0 Å². The third-order valence-corrected chi connectivity index (χ3v) is 1.62. The molecule has 0 aliphatic heterocycles. The fraction of sp³-hybridized carbons (Fsp3) is 0.875. The molecule has 0 spiro atoms. The van der Waals surface area contributed by atoms with E-state index < -0.39 is 0 Å². The second kappa shape index (κ2) is 7.97. The van der Waals surface area contributed by atoms with Crippen molar-refractivity contribution in [2.24, 2.45) is 0 Å². The number of likely N-dealkylation sites (N-methyl/N-ethyl adjacent to an activating group) is 1. The smallest absolute Gasteiger partial charge is 0.236 e. The summed E-state index contributed by atoms with van der Waals surface area (Å²) in [6.07, 6.45) is 0. The summed E-state index contributed by atoms with van der Waals surface area (Å²) in [6, 6.07) is 0. The largest absolute Gasteiger partial charge is 0.395 e. The van der Waals surface area contributed by atoms with Crippen molar-refractivity contribution in [3.63, 3.8) is 0 Å². The molecular weight excluding hydrogens is 172 g/mol. The van der Waals surface area contributed by atoms with Crippen molar-refractivity contribution in [1.29, 1.82) is 0 Å². The Balaban J connectivity index is 3.83. The summed E-state index contributed by atoms with van der Waals surface area (Å²) in [5.41, 5.74) is 0. The summed E-state index contributed by atoms with van der Waals surface area (Å²) in [5, 5.41) is 11.5. The summed E-state index contributed by atoms with van der Waals surface area (Å²) in [6.45, 7) is 1.67. The Morgan fingerprint density at radius 3 is 2.69 bits per heavy atom. The zero-order valence-electron chi connectivity index (χ0n) is 8.25. The van der Waals surface area contributed by atoms with Gasteiger partial charge in [0, 0.05) is 20.2 Å². The molecule has 5 heteroatoms. The number of nitrogens with one attached hydrogen (secondary N) is 1. The minimum Gasteiger partial charge on any atom is -0.395 e. The Morgan fingerprint density at radius 2 is 2.23 bits per heavy atom. The maximum atomic E-state index is 11.3. The van der Waals surface area contributed by atoms with Crippen molar-refractivity contribution in [2.45, 2.75) is 0 Å². The van der Waals surface area contributed by atoms with Gasteiger partial charge in [-0.2, -0.15) is 0 Å². The quantitative estimate of drug-likeness (QED) is 0.522. The third kappa shape index (κ3) is 5.57. The van der Waals surface area contributed by atoms with Crippen LogP contribution in [0, 0.1) is 0 Å². The molecule has 0 aliphatic rings. The number of hydrogen-bond acceptors (Lipinski definition) is 4. The van der Waals surface area contributed by atoms with Crippen molar-refractivity contribution in [1.82, 2.24) is 10.2 Å². The molecule has 0 heterocycles. The minimum atomic E-state index is -0.0198. The van der Waals surface area contributed by atoms with Crippen molar-refractivity contribution in [2.75, 3.05) is 47.0 Å². The number of carbonyl (C=O) groups is 1. The normalized spacial score (nSPS) is 10.1. The number of ether oxygens (including phenoxy) is 1. The number of nitrogens with zero attached hydrogens (tertiary/aromatic N) is 1. The number of methoxy groups -OCH3 is 1. The summed E-state index contributed by atoms with van der Waals surface area (Å²) in [7, 11) is 3.30. The lowest BCUT2D eigenvalue weighted by Crippen LogP contribution is -2.40. The van der Waals surface area contributed by atoms with Crippen LogP contribution in [-0.4, -0.2) is 62.9 Å². The molecule has 0 radical (unpaired) electrons. The lowest BCUT2D eigenvalue weighted by Gasteiger charge is -2.20. The second-order valence-corrected chi connectivity index (χ2v) is 2.63. The number of amides is 1. The molecule has 13 heavy (non-hydrogen) atoms. The highest BCUT2D eigenvalue weighted by atomic mass is 16.5. The van der Waals surface area contributed by atoms with Crippen LogP contribution in [0.2, 0.25) is 0 Å². The topological polar surface area (TPSA) is 61.8 Å². The van der Waals surface area contributed by atoms with Gasteiger partial charge in [-0.3, -0.25) is 4.79 Å². The zero-order valence-corrected chi connectivity index (χ0v) is 8.25. The van der Waals surface area contributed by atoms with E-state index in [4.69, 9.17) is 9.84 Å². The molecule has 0 aromatic rings. The molecule has 0 saturated heterocycles. The SMILES string of the molecule is CNCC(=O)N(CCO)CCOC. The first-order valence-corrected chi connectivity index (χ1v) is 4.28. The van der Waals surface area contributed by atoms with Crippen LogP contribution in [0.3, 0.4) is 0 Å². The van der Waals surface area contributed by atoms with Gasteiger partial charge in [-0.05, 0) is 7.05 Å². The maximum Gasteiger partial charge on any atom is 0.236 e. The van der Waals surface area contributed by atoms with Crippen LogP contribution in [0.1, 0.15) is 0 Å². The molecule has 78 valence electrons. The predicted molar refractivity (Wildman–Crippen MR) is 49.5 cm³/mol. The van der Waals surface area contributed by atoms with Gasteiger partial charge in [0.05, 0.1) is 19.8 Å². The second-order valence-electron chi connectivity index (χ2n) is 2.63. The van der Waals surface area contributed by atoms with Gasteiger partial charge in [0.15, 0.2) is 0 Å². The van der Waals surface area contributed by atoms with Crippen LogP contribution in [0.5, 0.6) is 0 Å². The van der Waals surface area contributed by atoms with Crippen molar-refractivity contribution in [3.8, 4) is 0 Å². The Bertz CT molecular complexity index is 141. The van der Waals surface area contributed by atoms with E-state index in [0.717, 1.165) is 0 Å². The highest BCUT2D eigenvalue weighted by Gasteiger charge is 2.10. The zero-order chi connectivity index (χ0) is 10.1. The predicted octanol–water partition coefficient (Wildman–Crippen LogP) is -1.33. The van der Waals surface area contributed by atoms with Crippen LogP contribution in [0.4, 0.5) is 0 Å². The van der Waals surface area contributed by atoms with E-state index >= 15 is 0 Å². The van der Waals surface area contributed by atoms with Crippen LogP contribution < -0.4 is 5.32 Å². The average molecular weight is 190 g/mol. The van der Waals surface area contributed by atoms with E-state index in [1.807, 2.05) is 0 Å². The van der Waals surface area contributed by atoms with Crippen LogP contribution >= 0.6 is 0 Å². The molecule has 0 unspecified atom stereocenters. The van der Waals surface area contributed by atoms with E-state index in [0.29, 0.717) is 26.2 Å². The van der Waals surface area contributed by atoms with Crippen molar-refractivity contribution >= 4 is 5.91 Å². The van der Waals surface area contributed by atoms with Gasteiger partial charge >= 0.3 is 0 Å². The van der Waals surface area contributed by atoms with Crippen LogP contribution in [-0.2, 0) is 9.53 Å². The summed E-state index contributed by atoms with van der Waals surface area (Å²) in [5.74, 6) is -0.0198. The summed E-state index contributed by atoms with van der Waals surface area (Å²) < 4.78 is 4.85. The van der Waals surface area contributed by atoms with Gasteiger partial charge in [-0.15, -0.1) is 0 Å². The highest BCUT2D eigenvalue weighted by Crippen LogP contribution is 1.88. The molecule has 2 N–H and O–H groups in total. The number of aliphatic hydroxyl groups excluding tert-OH is 1. The Kier molecular flexibility index (Phi) is 7.57. The van der Waals surface area contributed by atoms with Gasteiger partial charge in [0.1, 0.15) is 0 Å². The van der Waals surface area contributed by atoms with E-state index in [1.54, 1.807) is 19.1 Å². The molecule has 0 aliphatic carbocycles. The summed E-state index contributed by atoms with van der Waals surface area (Å²) in [4.78, 5) is 12.9. The Labute approximate surface area is 78.7 Å².